The molecule has 6 heteroatoms. The lowest BCUT2D eigenvalue weighted by atomic mass is 9.74. The third-order valence-corrected chi connectivity index (χ3v) is 4.11. The van der Waals surface area contributed by atoms with Crippen LogP contribution in [-0.2, 0) is 9.53 Å². The summed E-state index contributed by atoms with van der Waals surface area (Å²) in [5.74, 6) is -0.117. The van der Waals surface area contributed by atoms with E-state index >= 15 is 0 Å². The third-order valence-electron chi connectivity index (χ3n) is 4.11. The number of ether oxygens (including phenoxy) is 2. The summed E-state index contributed by atoms with van der Waals surface area (Å²) in [5.41, 5.74) is 0.947. The molecule has 0 bridgehead atoms. The molecule has 0 saturated heterocycles. The molecule has 0 aliphatic heterocycles. The summed E-state index contributed by atoms with van der Waals surface area (Å²) in [6, 6.07) is 5.96. The van der Waals surface area contributed by atoms with Gasteiger partial charge in [0.15, 0.2) is 0 Å². The first-order valence-electron chi connectivity index (χ1n) is 7.31. The van der Waals surface area contributed by atoms with Crippen molar-refractivity contribution in [3.63, 3.8) is 0 Å². The lowest BCUT2D eigenvalue weighted by Crippen LogP contribution is -2.21. The molecular formula is C16H19F3O3. The van der Waals surface area contributed by atoms with Crippen molar-refractivity contribution in [1.29, 1.82) is 0 Å². The van der Waals surface area contributed by atoms with E-state index in [1.54, 1.807) is 12.1 Å². The Bertz CT molecular complexity index is 496. The van der Waals surface area contributed by atoms with Crippen molar-refractivity contribution in [3.05, 3.63) is 29.8 Å². The molecule has 1 aliphatic rings. The van der Waals surface area contributed by atoms with Gasteiger partial charge in [0.05, 0.1) is 7.11 Å². The van der Waals surface area contributed by atoms with Crippen molar-refractivity contribution in [2.24, 2.45) is 5.92 Å². The molecule has 1 aromatic carbocycles. The van der Waals surface area contributed by atoms with Gasteiger partial charge in [-0.05, 0) is 42.4 Å². The van der Waals surface area contributed by atoms with E-state index in [1.807, 2.05) is 0 Å². The largest absolute Gasteiger partial charge is 0.573 e. The van der Waals surface area contributed by atoms with E-state index in [1.165, 1.54) is 19.2 Å². The molecule has 1 saturated carbocycles. The molecule has 0 amide bonds. The van der Waals surface area contributed by atoms with Crippen LogP contribution >= 0.6 is 0 Å². The Hall–Kier alpha value is -1.72. The van der Waals surface area contributed by atoms with Crippen LogP contribution in [0, 0.1) is 5.92 Å². The molecule has 3 nitrogen and oxygen atoms in total. The monoisotopic (exact) mass is 316 g/mol. The molecule has 122 valence electrons. The van der Waals surface area contributed by atoms with Crippen molar-refractivity contribution < 1.29 is 27.4 Å². The van der Waals surface area contributed by atoms with Gasteiger partial charge in [-0.25, -0.2) is 0 Å². The first-order valence-corrected chi connectivity index (χ1v) is 7.31. The first kappa shape index (κ1) is 16.6. The molecule has 0 heterocycles. The van der Waals surface area contributed by atoms with Gasteiger partial charge < -0.3 is 9.47 Å². The maximum atomic E-state index is 12.2. The minimum Gasteiger partial charge on any atom is -0.469 e. The quantitative estimate of drug-likeness (QED) is 0.771. The number of hydrogen-bond acceptors (Lipinski definition) is 3. The summed E-state index contributed by atoms with van der Waals surface area (Å²) in [7, 11) is 1.36. The summed E-state index contributed by atoms with van der Waals surface area (Å²) in [4.78, 5) is 11.5. The predicted molar refractivity (Wildman–Crippen MR) is 74.5 cm³/mol. The van der Waals surface area contributed by atoms with Crippen LogP contribution in [0.5, 0.6) is 5.75 Å². The van der Waals surface area contributed by atoms with Gasteiger partial charge in [0, 0.05) is 6.42 Å². The van der Waals surface area contributed by atoms with Gasteiger partial charge in [-0.2, -0.15) is 0 Å². The second-order valence-electron chi connectivity index (χ2n) is 5.55. The summed E-state index contributed by atoms with van der Waals surface area (Å²) in [5, 5.41) is 0. The molecule has 0 N–H and O–H groups in total. The van der Waals surface area contributed by atoms with Crippen molar-refractivity contribution in [1.82, 2.24) is 0 Å². The molecule has 0 spiro atoms. The molecule has 0 unspecified atom stereocenters. The van der Waals surface area contributed by atoms with Gasteiger partial charge >= 0.3 is 12.3 Å². The highest BCUT2D eigenvalue weighted by Gasteiger charge is 2.32. The van der Waals surface area contributed by atoms with Crippen molar-refractivity contribution in [3.8, 4) is 5.75 Å². The number of halogens is 3. The van der Waals surface area contributed by atoms with Crippen LogP contribution in [0.4, 0.5) is 13.2 Å². The zero-order chi connectivity index (χ0) is 16.2. The number of alkyl halides is 3. The fraction of sp³-hybridized carbons (Fsp3) is 0.562. The number of benzene rings is 1. The highest BCUT2D eigenvalue weighted by molar-refractivity contribution is 5.69. The SMILES string of the molecule is COC(=O)C[C@H]1CCCC[C@@H]1c1ccc(OC(F)(F)F)cc1. The smallest absolute Gasteiger partial charge is 0.469 e. The van der Waals surface area contributed by atoms with E-state index in [0.29, 0.717) is 6.42 Å². The molecule has 0 aromatic heterocycles. The summed E-state index contributed by atoms with van der Waals surface area (Å²) in [6.45, 7) is 0. The topological polar surface area (TPSA) is 35.5 Å². The highest BCUT2D eigenvalue weighted by Crippen LogP contribution is 2.40. The maximum Gasteiger partial charge on any atom is 0.573 e. The number of esters is 1. The predicted octanol–water partition coefficient (Wildman–Crippen LogP) is 4.42. The minimum atomic E-state index is -4.68. The Morgan fingerprint density at radius 2 is 1.82 bits per heavy atom. The second kappa shape index (κ2) is 7.03. The van der Waals surface area contributed by atoms with Crippen LogP contribution in [0.25, 0.3) is 0 Å². The Morgan fingerprint density at radius 1 is 1.18 bits per heavy atom. The van der Waals surface area contributed by atoms with Crippen LogP contribution in [-0.4, -0.2) is 19.4 Å². The Balaban J connectivity index is 2.09. The van der Waals surface area contributed by atoms with E-state index in [2.05, 4.69) is 4.74 Å². The van der Waals surface area contributed by atoms with Crippen LogP contribution in [0.15, 0.2) is 24.3 Å². The fourth-order valence-corrected chi connectivity index (χ4v) is 3.10. The van der Waals surface area contributed by atoms with Crippen LogP contribution in [0.3, 0.4) is 0 Å². The number of carbonyl (C=O) groups excluding carboxylic acids is 1. The highest BCUT2D eigenvalue weighted by atomic mass is 19.4. The van der Waals surface area contributed by atoms with Gasteiger partial charge in [-0.1, -0.05) is 25.0 Å². The van der Waals surface area contributed by atoms with E-state index in [-0.39, 0.29) is 23.6 Å². The molecule has 2 rings (SSSR count). The average molecular weight is 316 g/mol. The normalized spacial score (nSPS) is 22.2. The van der Waals surface area contributed by atoms with Gasteiger partial charge in [0.1, 0.15) is 5.75 Å². The molecule has 1 aromatic rings. The van der Waals surface area contributed by atoms with Gasteiger partial charge in [-0.3, -0.25) is 4.79 Å². The van der Waals surface area contributed by atoms with Gasteiger partial charge in [0.25, 0.3) is 0 Å². The van der Waals surface area contributed by atoms with E-state index in [9.17, 15) is 18.0 Å². The molecule has 2 atom stereocenters. The van der Waals surface area contributed by atoms with Gasteiger partial charge in [0.2, 0.25) is 0 Å². The standard InChI is InChI=1S/C16H19F3O3/c1-21-15(20)10-12-4-2-3-5-14(12)11-6-8-13(9-7-11)22-16(17,18)19/h6-9,12,14H,2-5,10H2,1H3/t12-,14-/m1/s1. The lowest BCUT2D eigenvalue weighted by molar-refractivity contribution is -0.274. The zero-order valence-electron chi connectivity index (χ0n) is 12.4. The molecule has 1 fully saturated rings. The Labute approximate surface area is 127 Å². The van der Waals surface area contributed by atoms with Gasteiger partial charge in [-0.15, -0.1) is 13.2 Å². The Morgan fingerprint density at radius 3 is 2.41 bits per heavy atom. The maximum absolute atomic E-state index is 12.2. The van der Waals surface area contributed by atoms with E-state index in [4.69, 9.17) is 4.74 Å². The van der Waals surface area contributed by atoms with Crippen LogP contribution in [0.2, 0.25) is 0 Å². The van der Waals surface area contributed by atoms with Crippen LogP contribution < -0.4 is 4.74 Å². The number of carbonyl (C=O) groups is 1. The van der Waals surface area contributed by atoms with Crippen molar-refractivity contribution in [2.75, 3.05) is 7.11 Å². The number of rotatable bonds is 4. The lowest BCUT2D eigenvalue weighted by Gasteiger charge is -2.31. The minimum absolute atomic E-state index is 0.174. The molecule has 0 radical (unpaired) electrons. The van der Waals surface area contributed by atoms with Crippen molar-refractivity contribution >= 4 is 5.97 Å². The molecular weight excluding hydrogens is 297 g/mol. The number of hydrogen-bond donors (Lipinski definition) is 0. The summed E-state index contributed by atoms with van der Waals surface area (Å²) < 4.78 is 45.1. The fourth-order valence-electron chi connectivity index (χ4n) is 3.10. The van der Waals surface area contributed by atoms with E-state index < -0.39 is 6.36 Å². The summed E-state index contributed by atoms with van der Waals surface area (Å²) >= 11 is 0. The average Bonchev–Trinajstić information content (AvgIpc) is 2.47. The summed E-state index contributed by atoms with van der Waals surface area (Å²) in [6.07, 6.45) is -0.347. The zero-order valence-corrected chi connectivity index (χ0v) is 12.4. The second-order valence-corrected chi connectivity index (χ2v) is 5.55. The number of methoxy groups -OCH3 is 1. The first-order chi connectivity index (χ1) is 10.4. The van der Waals surface area contributed by atoms with Crippen molar-refractivity contribution in [2.45, 2.75) is 44.4 Å². The van der Waals surface area contributed by atoms with E-state index in [0.717, 1.165) is 31.2 Å². The van der Waals surface area contributed by atoms with Crippen LogP contribution in [0.1, 0.15) is 43.6 Å². The molecule has 22 heavy (non-hydrogen) atoms. The molecule has 1 aliphatic carbocycles. The third kappa shape index (κ3) is 4.64. The Kier molecular flexibility index (Phi) is 5.32.